The molecular formula is C63H62N6O11S6. The molecule has 0 fully saturated rings. The number of carbonyl (C=O) groups is 2. The number of hydrogen-bond donors (Lipinski definition) is 2. The maximum absolute atomic E-state index is 14.5. The summed E-state index contributed by atoms with van der Waals surface area (Å²) in [7, 11) is -12.8. The molecule has 2 amide bonds. The molecule has 23 heteroatoms. The predicted molar refractivity (Wildman–Crippen MR) is 340 cm³/mol. The minimum absolute atomic E-state index is 0.0393. The highest BCUT2D eigenvalue weighted by Crippen LogP contribution is 2.50. The summed E-state index contributed by atoms with van der Waals surface area (Å²) in [5.41, 5.74) is 6.06. The molecular weight excluding hydrogens is 1210 g/mol. The number of benzene rings is 7. The van der Waals surface area contributed by atoms with Gasteiger partial charge < -0.3 is 28.6 Å². The zero-order valence-electron chi connectivity index (χ0n) is 47.1. The Bertz CT molecular complexity index is 4510. The van der Waals surface area contributed by atoms with Crippen molar-refractivity contribution < 1.29 is 57.5 Å². The molecule has 0 bridgehead atoms. The van der Waals surface area contributed by atoms with Crippen molar-refractivity contribution >= 4 is 143 Å². The number of sulfonamides is 1. The van der Waals surface area contributed by atoms with Gasteiger partial charge >= 0.3 is 5.89 Å². The standard InChI is InChI=1S/C63H62N6O11S6/c1-3-4-23-55(69-50-38-45(42-17-7-5-8-18-42)27-30-53(50)82-60(69)41-59-68(35-16-37-86(77,78)79)62-48-22-13-11-20-44(48)26-32-54(62)83-59)64-56(70)24-9-6-14-33-66-49-39-46(63(71)65-84(2,72)73)28-31-52(49)81-58(66)40-57-67(34-15-36-85(74,75)76)61-47-21-12-10-19-43(47)25-29-51(61)80-57/h5,7-8,10-13,17-22,25-32,38-41,55H,3-4,6,9,14-16,23-24,33-37H2,1-2H3,(H2-2,64,65,70,71,74,75,76,77,78,79). The van der Waals surface area contributed by atoms with Crippen LogP contribution in [0.4, 0.5) is 11.4 Å². The third kappa shape index (κ3) is 14.0. The molecule has 0 saturated heterocycles. The zero-order valence-corrected chi connectivity index (χ0v) is 52.0. The van der Waals surface area contributed by atoms with Gasteiger partial charge in [-0.1, -0.05) is 140 Å². The fourth-order valence-electron chi connectivity index (χ4n) is 11.2. The fraction of sp³-hybridized carbons (Fsp3) is 0.270. The second kappa shape index (κ2) is 25.7. The molecule has 2 N–H and O–H groups in total. The highest BCUT2D eigenvalue weighted by Gasteiger charge is 2.35. The molecule has 1 atom stereocenters. The topological polar surface area (TPSA) is 234 Å². The first-order valence-corrected chi connectivity index (χ1v) is 35.8. The Morgan fingerprint density at radius 2 is 1.30 bits per heavy atom. The molecule has 9 aromatic rings. The highest BCUT2D eigenvalue weighted by molar-refractivity contribution is 8.04. The Hall–Kier alpha value is -7.09. The van der Waals surface area contributed by atoms with Crippen LogP contribution in [-0.4, -0.2) is 76.6 Å². The number of hydrogen-bond acceptors (Lipinski definition) is 16. The Kier molecular flexibility index (Phi) is 18.1. The highest BCUT2D eigenvalue weighted by atomic mass is 32.2. The number of nitrogens with one attached hydrogen (secondary N) is 2. The number of thiazole rings is 1. The maximum atomic E-state index is 14.5. The van der Waals surface area contributed by atoms with E-state index in [0.717, 1.165) is 98.0 Å². The first kappa shape index (κ1) is 60.6. The summed E-state index contributed by atoms with van der Waals surface area (Å²) in [6.45, 7) is 3.01. The second-order valence-corrected chi connectivity index (χ2v) is 29.3. The van der Waals surface area contributed by atoms with Crippen LogP contribution >= 0.6 is 34.9 Å². The molecule has 11 rings (SSSR count). The van der Waals surface area contributed by atoms with Gasteiger partial charge in [0.1, 0.15) is 10.9 Å². The van der Waals surface area contributed by atoms with E-state index in [1.807, 2.05) is 88.3 Å². The lowest BCUT2D eigenvalue weighted by molar-refractivity contribution is -0.677. The van der Waals surface area contributed by atoms with E-state index in [-0.39, 0.29) is 37.3 Å². The van der Waals surface area contributed by atoms with Crippen molar-refractivity contribution in [2.45, 2.75) is 93.8 Å². The summed E-state index contributed by atoms with van der Waals surface area (Å²) in [6, 6.07) is 45.3. The number of nitrogens with zero attached hydrogens (tertiary/aromatic N) is 4. The van der Waals surface area contributed by atoms with E-state index in [1.165, 1.54) is 11.8 Å². The van der Waals surface area contributed by atoms with Crippen LogP contribution in [0.2, 0.25) is 0 Å². The van der Waals surface area contributed by atoms with Crippen LogP contribution < -0.4 is 29.0 Å². The van der Waals surface area contributed by atoms with Gasteiger partial charge in [-0.15, -0.1) is 0 Å². The number of unbranched alkanes of at least 4 members (excludes halogenated alkanes) is 3. The average Bonchev–Trinajstić information content (AvgIpc) is 1.75. The van der Waals surface area contributed by atoms with Crippen molar-refractivity contribution in [2.75, 3.05) is 34.1 Å². The molecule has 17 nitrogen and oxygen atoms in total. The Labute approximate surface area is 512 Å². The summed E-state index contributed by atoms with van der Waals surface area (Å²) in [5.74, 6) is -1.56. The van der Waals surface area contributed by atoms with Crippen LogP contribution in [0, 0.1) is 0 Å². The molecule has 0 saturated carbocycles. The monoisotopic (exact) mass is 1270 g/mol. The number of aromatic nitrogens is 2. The fourth-order valence-corrected chi connectivity index (χ4v) is 16.0. The van der Waals surface area contributed by atoms with Gasteiger partial charge in [0, 0.05) is 52.7 Å². The smallest absolute Gasteiger partial charge is 0.376 e. The number of amides is 2. The average molecular weight is 1270 g/mol. The van der Waals surface area contributed by atoms with Gasteiger partial charge in [0.2, 0.25) is 27.0 Å². The lowest BCUT2D eigenvalue weighted by Crippen LogP contribution is -2.47. The van der Waals surface area contributed by atoms with E-state index in [9.17, 15) is 43.9 Å². The van der Waals surface area contributed by atoms with Gasteiger partial charge in [0.15, 0.2) is 13.1 Å². The molecule has 2 aromatic heterocycles. The number of fused-ring (bicyclic) bond motifs is 8. The maximum Gasteiger partial charge on any atom is 0.376 e. The Morgan fingerprint density at radius 3 is 2.01 bits per heavy atom. The van der Waals surface area contributed by atoms with Crippen LogP contribution in [0.25, 0.3) is 66.1 Å². The van der Waals surface area contributed by atoms with E-state index in [2.05, 4.69) is 81.0 Å². The second-order valence-electron chi connectivity index (χ2n) is 21.3. The molecule has 0 spiro atoms. The van der Waals surface area contributed by atoms with Gasteiger partial charge in [-0.2, -0.15) is 9.13 Å². The Morgan fingerprint density at radius 1 is 0.651 bits per heavy atom. The largest absolute Gasteiger partial charge is 0.748 e. The lowest BCUT2D eigenvalue weighted by atomic mass is 10.0. The van der Waals surface area contributed by atoms with Gasteiger partial charge in [-0.25, -0.2) is 30.0 Å². The molecule has 4 heterocycles. The molecule has 446 valence electrons. The molecule has 2 aliphatic rings. The lowest BCUT2D eigenvalue weighted by Gasteiger charge is -2.32. The van der Waals surface area contributed by atoms with E-state index >= 15 is 0 Å². The van der Waals surface area contributed by atoms with Crippen LogP contribution in [-0.2, 0) is 48.1 Å². The van der Waals surface area contributed by atoms with E-state index in [0.29, 0.717) is 55.9 Å². The minimum Gasteiger partial charge on any atom is -0.748 e. The SMILES string of the molecule is CCCCC(NC(=O)CCCCCN1C(=Cc2oc3ccc4ccccc4c3[n+]2CCCS(=O)(=O)[O-])Sc2ccc(C(=O)NS(C)(=O)=O)cc21)N1C(=Cc2sc3ccc4ccccc4c3[n+]2CCCS(=O)(=O)[O-])Sc2ccc(-c3ccccc3)cc21. The van der Waals surface area contributed by atoms with Crippen molar-refractivity contribution in [2.24, 2.45) is 0 Å². The van der Waals surface area contributed by atoms with Crippen molar-refractivity contribution in [1.82, 2.24) is 10.0 Å². The molecule has 2 aliphatic heterocycles. The molecule has 0 aliphatic carbocycles. The minimum atomic E-state index is -4.50. The summed E-state index contributed by atoms with van der Waals surface area (Å²) < 4.78 is 109. The van der Waals surface area contributed by atoms with Crippen LogP contribution in [0.15, 0.2) is 164 Å². The van der Waals surface area contributed by atoms with E-state index in [1.54, 1.807) is 41.3 Å². The van der Waals surface area contributed by atoms with Crippen LogP contribution in [0.3, 0.4) is 0 Å². The van der Waals surface area contributed by atoms with Crippen molar-refractivity contribution in [3.8, 4) is 11.1 Å². The Balaban J connectivity index is 0.873. The number of oxazole rings is 1. The summed E-state index contributed by atoms with van der Waals surface area (Å²) in [4.78, 5) is 33.8. The normalized spacial score (nSPS) is 14.9. The summed E-state index contributed by atoms with van der Waals surface area (Å²) >= 11 is 4.62. The van der Waals surface area contributed by atoms with Gasteiger partial charge in [-0.3, -0.25) is 9.59 Å². The van der Waals surface area contributed by atoms with Crippen molar-refractivity contribution in [3.63, 3.8) is 0 Å². The van der Waals surface area contributed by atoms with Gasteiger partial charge in [0.05, 0.1) is 70.8 Å². The van der Waals surface area contributed by atoms with Gasteiger partial charge in [-0.05, 0) is 102 Å². The van der Waals surface area contributed by atoms with Gasteiger partial charge in [0.25, 0.3) is 16.4 Å². The van der Waals surface area contributed by atoms with Crippen LogP contribution in [0.1, 0.15) is 86.0 Å². The first-order valence-electron chi connectivity index (χ1n) is 28.3. The molecule has 0 radical (unpaired) electrons. The first-order chi connectivity index (χ1) is 41.3. The third-order valence-electron chi connectivity index (χ3n) is 15.1. The summed E-state index contributed by atoms with van der Waals surface area (Å²) in [6.07, 6.45) is 8.95. The number of anilines is 2. The molecule has 86 heavy (non-hydrogen) atoms. The van der Waals surface area contributed by atoms with Crippen LogP contribution in [0.5, 0.6) is 0 Å². The summed E-state index contributed by atoms with van der Waals surface area (Å²) in [5, 5.41) is 9.79. The molecule has 7 aromatic carbocycles. The number of aryl methyl sites for hydroxylation is 2. The number of carbonyl (C=O) groups excluding carboxylic acids is 2. The van der Waals surface area contributed by atoms with Crippen molar-refractivity contribution in [3.05, 3.63) is 166 Å². The van der Waals surface area contributed by atoms with E-state index in [4.69, 9.17) is 4.42 Å². The van der Waals surface area contributed by atoms with Crippen molar-refractivity contribution in [1.29, 1.82) is 0 Å². The zero-order chi connectivity index (χ0) is 60.3. The van der Waals surface area contributed by atoms with E-state index < -0.39 is 53.8 Å². The quantitative estimate of drug-likeness (QED) is 0.0325. The predicted octanol–water partition coefficient (Wildman–Crippen LogP) is 11.5. The number of rotatable bonds is 24. The third-order valence-corrected chi connectivity index (χ3v) is 20.5. The molecule has 1 unspecified atom stereocenters. The number of thioether (sulfide) groups is 2.